The van der Waals surface area contributed by atoms with E-state index in [1.165, 1.54) is 9.80 Å². The van der Waals surface area contributed by atoms with Crippen molar-refractivity contribution in [3.05, 3.63) is 29.8 Å². The van der Waals surface area contributed by atoms with Gasteiger partial charge >= 0.3 is 23.9 Å². The highest BCUT2D eigenvalue weighted by atomic mass is 16.5. The first kappa shape index (κ1) is 32.9. The van der Waals surface area contributed by atoms with Crippen LogP contribution >= 0.6 is 0 Å². The van der Waals surface area contributed by atoms with Crippen LogP contribution in [0.15, 0.2) is 24.3 Å². The van der Waals surface area contributed by atoms with Crippen molar-refractivity contribution in [2.75, 3.05) is 58.9 Å². The predicted octanol–water partition coefficient (Wildman–Crippen LogP) is -0.689. The van der Waals surface area contributed by atoms with Crippen molar-refractivity contribution in [3.8, 4) is 5.75 Å². The average molecular weight is 569 g/mol. The van der Waals surface area contributed by atoms with E-state index >= 15 is 0 Å². The first-order valence-corrected chi connectivity index (χ1v) is 13.2. The van der Waals surface area contributed by atoms with Gasteiger partial charge in [-0.25, -0.2) is 0 Å². The highest BCUT2D eigenvalue weighted by molar-refractivity contribution is 5.70. The van der Waals surface area contributed by atoms with Gasteiger partial charge in [-0.3, -0.25) is 33.9 Å². The lowest BCUT2D eigenvalue weighted by atomic mass is 10.0. The summed E-state index contributed by atoms with van der Waals surface area (Å²) >= 11 is 0. The molecule has 1 aromatic rings. The first-order chi connectivity index (χ1) is 19.0. The Balaban J connectivity index is 2.42. The number of nitrogens with one attached hydrogen (secondary N) is 1. The summed E-state index contributed by atoms with van der Waals surface area (Å²) in [7, 11) is 0. The zero-order chi connectivity index (χ0) is 29.7. The highest BCUT2D eigenvalue weighted by Gasteiger charge is 2.39. The van der Waals surface area contributed by atoms with Gasteiger partial charge in [-0.15, -0.1) is 0 Å². The number of carboxylic acid groups (broad SMARTS) is 4. The van der Waals surface area contributed by atoms with Crippen molar-refractivity contribution in [2.24, 2.45) is 0 Å². The van der Waals surface area contributed by atoms with E-state index in [9.17, 15) is 39.6 Å². The quantitative estimate of drug-likeness (QED) is 0.175. The minimum absolute atomic E-state index is 0.0244. The molecule has 6 N–H and O–H groups in total. The lowest BCUT2D eigenvalue weighted by molar-refractivity contribution is -0.151. The molecule has 1 saturated heterocycles. The van der Waals surface area contributed by atoms with Gasteiger partial charge in [0.1, 0.15) is 18.1 Å². The number of rotatable bonds is 13. The SMILES string of the molecule is CCC(Oc1ccc(CCC(=O)O)cc1)C1C(O)N(CC(=O)O)CCNCCN(CC(=O)O)CCN1CC(=O)O. The van der Waals surface area contributed by atoms with Crippen LogP contribution in [0.2, 0.25) is 0 Å². The first-order valence-electron chi connectivity index (χ1n) is 13.2. The molecule has 0 radical (unpaired) electrons. The number of benzene rings is 1. The van der Waals surface area contributed by atoms with Crippen LogP contribution in [0.25, 0.3) is 0 Å². The molecular formula is C26H40N4O10. The van der Waals surface area contributed by atoms with Crippen LogP contribution in [0.4, 0.5) is 0 Å². The second-order valence-electron chi connectivity index (χ2n) is 9.65. The molecule has 0 bridgehead atoms. The van der Waals surface area contributed by atoms with Crippen LogP contribution in [0, 0.1) is 0 Å². The van der Waals surface area contributed by atoms with Crippen LogP contribution in [0.5, 0.6) is 5.75 Å². The third-order valence-electron chi connectivity index (χ3n) is 6.64. The van der Waals surface area contributed by atoms with E-state index in [1.54, 1.807) is 36.1 Å². The molecule has 1 aliphatic rings. The van der Waals surface area contributed by atoms with Gasteiger partial charge in [-0.1, -0.05) is 19.1 Å². The number of nitrogens with zero attached hydrogens (tertiary/aromatic N) is 3. The maximum Gasteiger partial charge on any atom is 0.317 e. The number of aliphatic hydroxyl groups excluding tert-OH is 1. The van der Waals surface area contributed by atoms with Crippen LogP contribution in [-0.2, 0) is 25.6 Å². The fourth-order valence-corrected chi connectivity index (χ4v) is 4.69. The molecule has 40 heavy (non-hydrogen) atoms. The van der Waals surface area contributed by atoms with E-state index in [2.05, 4.69) is 5.32 Å². The number of aliphatic carboxylic acids is 4. The molecule has 3 unspecified atom stereocenters. The van der Waals surface area contributed by atoms with E-state index in [0.29, 0.717) is 38.2 Å². The molecule has 0 aliphatic carbocycles. The van der Waals surface area contributed by atoms with Crippen molar-refractivity contribution >= 4 is 23.9 Å². The summed E-state index contributed by atoms with van der Waals surface area (Å²) in [6.45, 7) is 2.10. The van der Waals surface area contributed by atoms with Crippen LogP contribution in [-0.4, -0.2) is 141 Å². The Morgan fingerprint density at radius 1 is 0.850 bits per heavy atom. The lowest BCUT2D eigenvalue weighted by Crippen LogP contribution is -2.62. The minimum atomic E-state index is -1.43. The number of aliphatic hydroxyl groups is 1. The third kappa shape index (κ3) is 11.4. The Morgan fingerprint density at radius 2 is 1.45 bits per heavy atom. The normalized spacial score (nSPS) is 21.1. The van der Waals surface area contributed by atoms with Gasteiger partial charge in [0.15, 0.2) is 0 Å². The van der Waals surface area contributed by atoms with Gasteiger partial charge in [0.05, 0.1) is 25.7 Å². The van der Waals surface area contributed by atoms with Gasteiger partial charge in [-0.05, 0) is 30.5 Å². The second-order valence-corrected chi connectivity index (χ2v) is 9.65. The summed E-state index contributed by atoms with van der Waals surface area (Å²) in [6.07, 6.45) is -1.56. The molecule has 0 spiro atoms. The summed E-state index contributed by atoms with van der Waals surface area (Å²) in [4.78, 5) is 50.3. The molecule has 1 aliphatic heterocycles. The topological polar surface area (TPSA) is 200 Å². The molecule has 0 amide bonds. The third-order valence-corrected chi connectivity index (χ3v) is 6.64. The summed E-state index contributed by atoms with van der Waals surface area (Å²) in [6, 6.07) is 5.79. The fourth-order valence-electron chi connectivity index (χ4n) is 4.69. The zero-order valence-electron chi connectivity index (χ0n) is 22.6. The molecule has 224 valence electrons. The molecule has 1 fully saturated rings. The minimum Gasteiger partial charge on any atom is -0.489 e. The maximum absolute atomic E-state index is 11.9. The van der Waals surface area contributed by atoms with E-state index in [-0.39, 0.29) is 32.6 Å². The molecule has 1 aromatic carbocycles. The molecular weight excluding hydrogens is 528 g/mol. The molecule has 3 atom stereocenters. The standard InChI is InChI=1S/C26H40N4O10/c1-2-20(40-19-6-3-18(4-7-19)5-8-21(31)32)25-26(39)30(17-24(37)38)12-10-27-9-11-28(15-22(33)34)13-14-29(25)16-23(35)36/h3-4,6-7,20,25-27,39H,2,5,8-17H2,1H3,(H,31,32)(H,33,34)(H,35,36)(H,37,38). The summed E-state index contributed by atoms with van der Waals surface area (Å²) in [5.74, 6) is -3.85. The summed E-state index contributed by atoms with van der Waals surface area (Å²) < 4.78 is 6.23. The Bertz CT molecular complexity index is 977. The summed E-state index contributed by atoms with van der Waals surface area (Å²) in [5.41, 5.74) is 0.792. The second kappa shape index (κ2) is 16.7. The summed E-state index contributed by atoms with van der Waals surface area (Å²) in [5, 5.41) is 52.2. The zero-order valence-corrected chi connectivity index (χ0v) is 22.6. The smallest absolute Gasteiger partial charge is 0.317 e. The molecule has 1 heterocycles. The van der Waals surface area contributed by atoms with E-state index < -0.39 is 55.3 Å². The van der Waals surface area contributed by atoms with Crippen molar-refractivity contribution in [1.29, 1.82) is 0 Å². The number of aryl methyl sites for hydroxylation is 1. The molecule has 0 saturated carbocycles. The van der Waals surface area contributed by atoms with Crippen molar-refractivity contribution in [1.82, 2.24) is 20.0 Å². The monoisotopic (exact) mass is 568 g/mol. The molecule has 2 rings (SSSR count). The fraction of sp³-hybridized carbons (Fsp3) is 0.615. The Morgan fingerprint density at radius 3 is 2.02 bits per heavy atom. The number of carbonyl (C=O) groups is 4. The largest absolute Gasteiger partial charge is 0.489 e. The Hall–Kier alpha value is -3.30. The van der Waals surface area contributed by atoms with Crippen LogP contribution in [0.3, 0.4) is 0 Å². The predicted molar refractivity (Wildman–Crippen MR) is 142 cm³/mol. The Labute approximate surface area is 232 Å². The average Bonchev–Trinajstić information content (AvgIpc) is 2.87. The number of carboxylic acids is 4. The van der Waals surface area contributed by atoms with E-state index in [1.807, 2.05) is 0 Å². The highest BCUT2D eigenvalue weighted by Crippen LogP contribution is 2.23. The Kier molecular flexibility index (Phi) is 13.8. The maximum atomic E-state index is 11.9. The number of ether oxygens (including phenoxy) is 1. The molecule has 14 heteroatoms. The van der Waals surface area contributed by atoms with Gasteiger partial charge in [0.25, 0.3) is 0 Å². The van der Waals surface area contributed by atoms with Gasteiger partial charge in [-0.2, -0.15) is 0 Å². The van der Waals surface area contributed by atoms with Gasteiger partial charge < -0.3 is 35.6 Å². The van der Waals surface area contributed by atoms with Crippen molar-refractivity contribution < 1.29 is 49.4 Å². The van der Waals surface area contributed by atoms with Crippen LogP contribution in [0.1, 0.15) is 25.3 Å². The lowest BCUT2D eigenvalue weighted by Gasteiger charge is -2.43. The molecule has 14 nitrogen and oxygen atoms in total. The van der Waals surface area contributed by atoms with Crippen molar-refractivity contribution in [3.63, 3.8) is 0 Å². The van der Waals surface area contributed by atoms with Gasteiger partial charge in [0, 0.05) is 45.7 Å². The number of hydrogen-bond acceptors (Lipinski definition) is 10. The van der Waals surface area contributed by atoms with E-state index in [4.69, 9.17) is 9.84 Å². The number of hydrogen-bond donors (Lipinski definition) is 6. The van der Waals surface area contributed by atoms with Crippen molar-refractivity contribution in [2.45, 2.75) is 44.6 Å². The van der Waals surface area contributed by atoms with Crippen LogP contribution < -0.4 is 10.1 Å². The van der Waals surface area contributed by atoms with Gasteiger partial charge in [0.2, 0.25) is 0 Å². The van der Waals surface area contributed by atoms with E-state index in [0.717, 1.165) is 5.56 Å². The molecule has 0 aromatic heterocycles.